The van der Waals surface area contributed by atoms with Crippen LogP contribution in [0.15, 0.2) is 42.5 Å². The van der Waals surface area contributed by atoms with Crippen molar-refractivity contribution < 1.29 is 23.5 Å². The molecule has 0 atom stereocenters. The summed E-state index contributed by atoms with van der Waals surface area (Å²) < 4.78 is 18.2. The highest BCUT2D eigenvalue weighted by atomic mass is 19.1. The summed E-state index contributed by atoms with van der Waals surface area (Å²) in [6.07, 6.45) is 0. The number of amides is 3. The lowest BCUT2D eigenvalue weighted by Crippen LogP contribution is -2.37. The Morgan fingerprint density at radius 2 is 1.75 bits per heavy atom. The number of carbonyl (C=O) groups is 3. The maximum atomic E-state index is 13.2. The molecular formula is C17H13FN2O4. The number of rotatable bonds is 4. The Morgan fingerprint density at radius 1 is 1.12 bits per heavy atom. The predicted octanol–water partition coefficient (Wildman–Crippen LogP) is 2.07. The molecule has 1 heterocycles. The number of nitrogens with zero attached hydrogens (tertiary/aromatic N) is 1. The van der Waals surface area contributed by atoms with Crippen LogP contribution in [0.2, 0.25) is 0 Å². The molecule has 6 nitrogen and oxygen atoms in total. The molecule has 0 saturated carbocycles. The number of fused-ring (bicyclic) bond motifs is 1. The molecule has 0 fully saturated rings. The van der Waals surface area contributed by atoms with E-state index in [0.29, 0.717) is 0 Å². The molecule has 0 aromatic heterocycles. The first kappa shape index (κ1) is 15.7. The van der Waals surface area contributed by atoms with E-state index in [1.807, 2.05) is 0 Å². The molecule has 122 valence electrons. The van der Waals surface area contributed by atoms with Crippen LogP contribution in [0.3, 0.4) is 0 Å². The molecule has 1 N–H and O–H groups in total. The molecule has 0 unspecified atom stereocenters. The second-order valence-corrected chi connectivity index (χ2v) is 5.13. The van der Waals surface area contributed by atoms with Crippen LogP contribution in [0.4, 0.5) is 10.1 Å². The molecule has 3 amide bonds. The lowest BCUT2D eigenvalue weighted by atomic mass is 10.1. The molecule has 0 saturated heterocycles. The molecule has 2 aromatic rings. The SMILES string of the molecule is COc1cc(F)ccc1NC(=O)CN1C(=O)c2ccccc2C1=O. The van der Waals surface area contributed by atoms with E-state index < -0.39 is 30.1 Å². The third kappa shape index (κ3) is 2.71. The minimum Gasteiger partial charge on any atom is -0.494 e. The Morgan fingerprint density at radius 3 is 2.33 bits per heavy atom. The van der Waals surface area contributed by atoms with Crippen LogP contribution in [-0.4, -0.2) is 36.3 Å². The molecule has 1 aliphatic rings. The van der Waals surface area contributed by atoms with Crippen LogP contribution < -0.4 is 10.1 Å². The van der Waals surface area contributed by atoms with Crippen molar-refractivity contribution in [3.05, 3.63) is 59.4 Å². The van der Waals surface area contributed by atoms with Crippen LogP contribution in [0, 0.1) is 5.82 Å². The van der Waals surface area contributed by atoms with Gasteiger partial charge in [0.25, 0.3) is 11.8 Å². The highest BCUT2D eigenvalue weighted by Crippen LogP contribution is 2.26. The zero-order valence-electron chi connectivity index (χ0n) is 12.7. The van der Waals surface area contributed by atoms with E-state index >= 15 is 0 Å². The number of methoxy groups -OCH3 is 1. The number of hydrogen-bond acceptors (Lipinski definition) is 4. The fraction of sp³-hybridized carbons (Fsp3) is 0.118. The standard InChI is InChI=1S/C17H13FN2O4/c1-24-14-8-10(18)6-7-13(14)19-15(21)9-20-16(22)11-4-2-3-5-12(11)17(20)23/h2-8H,9H2,1H3,(H,19,21). The Balaban J connectivity index is 1.75. The van der Waals surface area contributed by atoms with Gasteiger partial charge in [-0.2, -0.15) is 0 Å². The molecule has 0 aliphatic carbocycles. The quantitative estimate of drug-likeness (QED) is 0.872. The molecule has 24 heavy (non-hydrogen) atoms. The maximum Gasteiger partial charge on any atom is 0.262 e. The minimum absolute atomic E-state index is 0.144. The van der Waals surface area contributed by atoms with Crippen LogP contribution >= 0.6 is 0 Å². The van der Waals surface area contributed by atoms with E-state index in [2.05, 4.69) is 5.32 Å². The van der Waals surface area contributed by atoms with Crippen molar-refractivity contribution >= 4 is 23.4 Å². The third-order valence-corrected chi connectivity index (χ3v) is 3.62. The summed E-state index contributed by atoms with van der Waals surface area (Å²) in [5.41, 5.74) is 0.796. The molecular weight excluding hydrogens is 315 g/mol. The highest BCUT2D eigenvalue weighted by Gasteiger charge is 2.36. The van der Waals surface area contributed by atoms with Gasteiger partial charge in [-0.15, -0.1) is 0 Å². The van der Waals surface area contributed by atoms with Crippen molar-refractivity contribution in [1.29, 1.82) is 0 Å². The lowest BCUT2D eigenvalue weighted by Gasteiger charge is -2.15. The van der Waals surface area contributed by atoms with E-state index in [-0.39, 0.29) is 22.6 Å². The average Bonchev–Trinajstić information content (AvgIpc) is 2.82. The second-order valence-electron chi connectivity index (χ2n) is 5.13. The van der Waals surface area contributed by atoms with E-state index in [1.54, 1.807) is 12.1 Å². The first-order valence-electron chi connectivity index (χ1n) is 7.10. The Kier molecular flexibility index (Phi) is 3.99. The van der Waals surface area contributed by atoms with Gasteiger partial charge >= 0.3 is 0 Å². The van der Waals surface area contributed by atoms with E-state index in [0.717, 1.165) is 11.0 Å². The number of nitrogens with one attached hydrogen (secondary N) is 1. The van der Waals surface area contributed by atoms with Gasteiger partial charge in [-0.3, -0.25) is 19.3 Å². The van der Waals surface area contributed by atoms with Gasteiger partial charge < -0.3 is 10.1 Å². The second kappa shape index (κ2) is 6.11. The van der Waals surface area contributed by atoms with Gasteiger partial charge in [-0.1, -0.05) is 12.1 Å². The normalized spacial score (nSPS) is 13.0. The molecule has 0 spiro atoms. The Bertz CT molecular complexity index is 815. The van der Waals surface area contributed by atoms with Gasteiger partial charge in [0.05, 0.1) is 23.9 Å². The fourth-order valence-corrected chi connectivity index (χ4v) is 2.48. The molecule has 0 bridgehead atoms. The average molecular weight is 328 g/mol. The van der Waals surface area contributed by atoms with E-state index in [1.165, 1.54) is 31.4 Å². The highest BCUT2D eigenvalue weighted by molar-refractivity contribution is 6.22. The predicted molar refractivity (Wildman–Crippen MR) is 83.4 cm³/mol. The lowest BCUT2D eigenvalue weighted by molar-refractivity contribution is -0.116. The number of ether oxygens (including phenoxy) is 1. The number of carbonyl (C=O) groups excluding carboxylic acids is 3. The zero-order valence-corrected chi connectivity index (χ0v) is 12.7. The summed E-state index contributed by atoms with van der Waals surface area (Å²) in [4.78, 5) is 37.5. The van der Waals surface area contributed by atoms with Crippen molar-refractivity contribution in [2.45, 2.75) is 0 Å². The summed E-state index contributed by atoms with van der Waals surface area (Å²) in [5, 5.41) is 2.51. The van der Waals surface area contributed by atoms with Crippen LogP contribution in [0.5, 0.6) is 5.75 Å². The number of halogens is 1. The fourth-order valence-electron chi connectivity index (χ4n) is 2.48. The minimum atomic E-state index is -0.589. The molecule has 3 rings (SSSR count). The van der Waals surface area contributed by atoms with E-state index in [4.69, 9.17) is 4.74 Å². The summed E-state index contributed by atoms with van der Waals surface area (Å²) in [5.74, 6) is -1.99. The van der Waals surface area contributed by atoms with Crippen molar-refractivity contribution in [1.82, 2.24) is 4.90 Å². The first-order valence-corrected chi connectivity index (χ1v) is 7.10. The number of benzene rings is 2. The van der Waals surface area contributed by atoms with Crippen LogP contribution in [0.25, 0.3) is 0 Å². The van der Waals surface area contributed by atoms with Crippen molar-refractivity contribution in [2.24, 2.45) is 0 Å². The van der Waals surface area contributed by atoms with Gasteiger partial charge in [0.1, 0.15) is 18.1 Å². The van der Waals surface area contributed by atoms with Crippen molar-refractivity contribution in [3.63, 3.8) is 0 Å². The van der Waals surface area contributed by atoms with Crippen molar-refractivity contribution in [3.8, 4) is 5.75 Å². The summed E-state index contributed by atoms with van der Waals surface area (Å²) >= 11 is 0. The summed E-state index contributed by atoms with van der Waals surface area (Å²) in [6.45, 7) is -0.438. The molecule has 7 heteroatoms. The van der Waals surface area contributed by atoms with Gasteiger partial charge in [0.15, 0.2) is 0 Å². The molecule has 1 aliphatic heterocycles. The van der Waals surface area contributed by atoms with Gasteiger partial charge in [0, 0.05) is 6.07 Å². The van der Waals surface area contributed by atoms with Crippen molar-refractivity contribution in [2.75, 3.05) is 19.0 Å². The van der Waals surface area contributed by atoms with E-state index in [9.17, 15) is 18.8 Å². The number of anilines is 1. The monoisotopic (exact) mass is 328 g/mol. The smallest absolute Gasteiger partial charge is 0.262 e. The summed E-state index contributed by atoms with van der Waals surface area (Å²) in [6, 6.07) is 10.0. The summed E-state index contributed by atoms with van der Waals surface area (Å²) in [7, 11) is 1.34. The van der Waals surface area contributed by atoms with Crippen LogP contribution in [-0.2, 0) is 4.79 Å². The largest absolute Gasteiger partial charge is 0.494 e. The number of hydrogen-bond donors (Lipinski definition) is 1. The Labute approximate surface area is 136 Å². The maximum absolute atomic E-state index is 13.2. The third-order valence-electron chi connectivity index (χ3n) is 3.62. The number of imide groups is 1. The topological polar surface area (TPSA) is 75.7 Å². The molecule has 2 aromatic carbocycles. The van der Waals surface area contributed by atoms with Gasteiger partial charge in [-0.25, -0.2) is 4.39 Å². The zero-order chi connectivity index (χ0) is 17.3. The molecule has 0 radical (unpaired) electrons. The van der Waals surface area contributed by atoms with Gasteiger partial charge in [-0.05, 0) is 24.3 Å². The van der Waals surface area contributed by atoms with Crippen LogP contribution in [0.1, 0.15) is 20.7 Å². The Hall–Kier alpha value is -3.22. The van der Waals surface area contributed by atoms with Gasteiger partial charge in [0.2, 0.25) is 5.91 Å². The first-order chi connectivity index (χ1) is 11.5.